The minimum absolute atomic E-state index is 0.105. The van der Waals surface area contributed by atoms with Crippen molar-refractivity contribution in [2.45, 2.75) is 251 Å². The van der Waals surface area contributed by atoms with Crippen LogP contribution in [0.15, 0.2) is 60.8 Å². The standard InChI is InChI=1S/C53H94O5/c1-3-5-7-9-11-13-15-17-19-20-21-22-23-24-25-26-27-28-29-30-31-32-34-35-37-39-41-43-45-47-52(55)57-50-51(49-54)58-53(56)48-46-44-42-40-38-36-33-18-16-14-12-10-8-6-4-2/h6,8,12,14,18,33,38,40,44,46,51,54H,3-5,7,9-11,13,15-17,19-32,34-37,39,41-43,45,47-50H2,1-2H3/b8-6-,14-12-,33-18-,40-38-,46-44-. The van der Waals surface area contributed by atoms with Crippen LogP contribution in [0.4, 0.5) is 0 Å². The summed E-state index contributed by atoms with van der Waals surface area (Å²) in [4.78, 5) is 24.3. The summed E-state index contributed by atoms with van der Waals surface area (Å²) >= 11 is 0. The third-order valence-corrected chi connectivity index (χ3v) is 10.9. The van der Waals surface area contributed by atoms with Crippen LogP contribution >= 0.6 is 0 Å². The molecule has 0 spiro atoms. The molecule has 0 aromatic rings. The molecular weight excluding hydrogens is 717 g/mol. The van der Waals surface area contributed by atoms with Gasteiger partial charge in [0.1, 0.15) is 6.61 Å². The molecule has 0 aliphatic carbocycles. The van der Waals surface area contributed by atoms with Gasteiger partial charge < -0.3 is 14.6 Å². The number of aliphatic hydroxyl groups excluding tert-OH is 1. The van der Waals surface area contributed by atoms with Crippen LogP contribution in [0.5, 0.6) is 0 Å². The van der Waals surface area contributed by atoms with E-state index >= 15 is 0 Å². The summed E-state index contributed by atoms with van der Waals surface area (Å²) in [5.41, 5.74) is 0. The van der Waals surface area contributed by atoms with E-state index < -0.39 is 12.1 Å². The van der Waals surface area contributed by atoms with Gasteiger partial charge in [0.05, 0.1) is 13.0 Å². The van der Waals surface area contributed by atoms with E-state index in [2.05, 4.69) is 62.5 Å². The van der Waals surface area contributed by atoms with Gasteiger partial charge in [-0.25, -0.2) is 0 Å². The summed E-state index contributed by atoms with van der Waals surface area (Å²) in [7, 11) is 0. The van der Waals surface area contributed by atoms with Gasteiger partial charge in [-0.15, -0.1) is 0 Å². The normalized spacial score (nSPS) is 12.7. The Balaban J connectivity index is 3.49. The first-order chi connectivity index (χ1) is 28.6. The maximum Gasteiger partial charge on any atom is 0.310 e. The lowest BCUT2D eigenvalue weighted by molar-refractivity contribution is -0.160. The molecular formula is C53H94O5. The first kappa shape index (κ1) is 55.6. The number of ether oxygens (including phenoxy) is 2. The molecule has 1 atom stereocenters. The predicted octanol–water partition coefficient (Wildman–Crippen LogP) is 16.3. The van der Waals surface area contributed by atoms with E-state index in [0.29, 0.717) is 6.42 Å². The minimum Gasteiger partial charge on any atom is -0.462 e. The van der Waals surface area contributed by atoms with E-state index in [0.717, 1.165) is 51.4 Å². The first-order valence-electron chi connectivity index (χ1n) is 24.8. The maximum absolute atomic E-state index is 12.2. The molecule has 0 radical (unpaired) electrons. The van der Waals surface area contributed by atoms with Crippen molar-refractivity contribution in [1.29, 1.82) is 0 Å². The highest BCUT2D eigenvalue weighted by molar-refractivity contribution is 5.71. The Morgan fingerprint density at radius 1 is 0.414 bits per heavy atom. The number of carbonyl (C=O) groups excluding carboxylic acids is 2. The molecule has 0 bridgehead atoms. The van der Waals surface area contributed by atoms with Crippen LogP contribution < -0.4 is 0 Å². The zero-order valence-corrected chi connectivity index (χ0v) is 38.3. The van der Waals surface area contributed by atoms with E-state index in [-0.39, 0.29) is 25.6 Å². The summed E-state index contributed by atoms with van der Waals surface area (Å²) in [6, 6.07) is 0. The van der Waals surface area contributed by atoms with Crippen molar-refractivity contribution in [2.75, 3.05) is 13.2 Å². The van der Waals surface area contributed by atoms with Crippen LogP contribution in [0.25, 0.3) is 0 Å². The van der Waals surface area contributed by atoms with Crippen molar-refractivity contribution in [3.63, 3.8) is 0 Å². The fourth-order valence-electron chi connectivity index (χ4n) is 7.16. The van der Waals surface area contributed by atoms with Gasteiger partial charge in [-0.3, -0.25) is 9.59 Å². The van der Waals surface area contributed by atoms with Crippen LogP contribution in [0.1, 0.15) is 245 Å². The van der Waals surface area contributed by atoms with Gasteiger partial charge in [0.2, 0.25) is 0 Å². The molecule has 0 saturated heterocycles. The van der Waals surface area contributed by atoms with Crippen molar-refractivity contribution in [3.05, 3.63) is 60.8 Å². The van der Waals surface area contributed by atoms with Crippen LogP contribution in [0.2, 0.25) is 0 Å². The average Bonchev–Trinajstić information content (AvgIpc) is 3.23. The van der Waals surface area contributed by atoms with E-state index in [1.165, 1.54) is 167 Å². The number of hydrogen-bond donors (Lipinski definition) is 1. The number of carbonyl (C=O) groups is 2. The van der Waals surface area contributed by atoms with E-state index in [1.807, 2.05) is 6.08 Å². The number of esters is 2. The second-order valence-corrected chi connectivity index (χ2v) is 16.5. The van der Waals surface area contributed by atoms with Crippen LogP contribution in [0, 0.1) is 0 Å². The molecule has 0 heterocycles. The molecule has 0 aromatic carbocycles. The lowest BCUT2D eigenvalue weighted by atomic mass is 10.0. The number of aliphatic hydroxyl groups is 1. The molecule has 1 unspecified atom stereocenters. The number of allylic oxidation sites excluding steroid dienone is 9. The zero-order valence-electron chi connectivity index (χ0n) is 38.3. The Labute approximate surface area is 360 Å². The topological polar surface area (TPSA) is 72.8 Å². The van der Waals surface area contributed by atoms with Crippen LogP contribution in [-0.2, 0) is 19.1 Å². The molecule has 1 N–H and O–H groups in total. The van der Waals surface area contributed by atoms with Crippen molar-refractivity contribution in [3.8, 4) is 0 Å². The van der Waals surface area contributed by atoms with E-state index in [1.54, 1.807) is 6.08 Å². The Bertz CT molecular complexity index is 1010. The zero-order chi connectivity index (χ0) is 42.1. The fourth-order valence-corrected chi connectivity index (χ4v) is 7.16. The fraction of sp³-hybridized carbons (Fsp3) is 0.774. The number of unbranched alkanes of at least 4 members (excludes halogenated alkanes) is 28. The Kier molecular flexibility index (Phi) is 46.9. The monoisotopic (exact) mass is 811 g/mol. The smallest absolute Gasteiger partial charge is 0.310 e. The van der Waals surface area contributed by atoms with Crippen LogP contribution in [0.3, 0.4) is 0 Å². The number of hydrogen-bond acceptors (Lipinski definition) is 5. The molecule has 0 amide bonds. The molecule has 0 fully saturated rings. The molecule has 5 heteroatoms. The third kappa shape index (κ3) is 46.3. The molecule has 336 valence electrons. The van der Waals surface area contributed by atoms with Gasteiger partial charge in [-0.05, 0) is 38.5 Å². The first-order valence-corrected chi connectivity index (χ1v) is 24.8. The summed E-state index contributed by atoms with van der Waals surface area (Å²) in [6.07, 6.45) is 65.0. The summed E-state index contributed by atoms with van der Waals surface area (Å²) < 4.78 is 10.6. The van der Waals surface area contributed by atoms with E-state index in [4.69, 9.17) is 9.47 Å². The minimum atomic E-state index is -0.826. The lowest BCUT2D eigenvalue weighted by Crippen LogP contribution is -2.28. The molecule has 58 heavy (non-hydrogen) atoms. The van der Waals surface area contributed by atoms with Crippen molar-refractivity contribution in [2.24, 2.45) is 0 Å². The Morgan fingerprint density at radius 3 is 1.05 bits per heavy atom. The molecule has 0 aromatic heterocycles. The van der Waals surface area contributed by atoms with Gasteiger partial charge in [0.15, 0.2) is 6.10 Å². The van der Waals surface area contributed by atoms with Gasteiger partial charge in [0.25, 0.3) is 0 Å². The van der Waals surface area contributed by atoms with Crippen molar-refractivity contribution in [1.82, 2.24) is 0 Å². The van der Waals surface area contributed by atoms with Gasteiger partial charge in [-0.1, -0.05) is 254 Å². The third-order valence-electron chi connectivity index (χ3n) is 10.9. The highest BCUT2D eigenvalue weighted by Crippen LogP contribution is 2.17. The highest BCUT2D eigenvalue weighted by atomic mass is 16.6. The summed E-state index contributed by atoms with van der Waals surface area (Å²) in [6.45, 7) is 3.96. The SMILES string of the molecule is CC/C=C\C/C=C\C/C=C\C/C=C\C/C=C\CC(=O)OC(CO)COC(=O)CCCCCCCCCCCCCCCCCCCCCCCCCCCCCCC. The highest BCUT2D eigenvalue weighted by Gasteiger charge is 2.15. The summed E-state index contributed by atoms with van der Waals surface area (Å²) in [5, 5.41) is 9.57. The molecule has 0 saturated carbocycles. The predicted molar refractivity (Wildman–Crippen MR) is 251 cm³/mol. The summed E-state index contributed by atoms with van der Waals surface area (Å²) in [5.74, 6) is -0.732. The second-order valence-electron chi connectivity index (χ2n) is 16.5. The Morgan fingerprint density at radius 2 is 0.724 bits per heavy atom. The van der Waals surface area contributed by atoms with Crippen molar-refractivity contribution >= 4 is 11.9 Å². The molecule has 0 rings (SSSR count). The molecule has 0 aliphatic heterocycles. The van der Waals surface area contributed by atoms with Gasteiger partial charge >= 0.3 is 11.9 Å². The van der Waals surface area contributed by atoms with Crippen molar-refractivity contribution < 1.29 is 24.2 Å². The van der Waals surface area contributed by atoms with E-state index in [9.17, 15) is 14.7 Å². The second kappa shape index (κ2) is 49.0. The van der Waals surface area contributed by atoms with Crippen LogP contribution in [-0.4, -0.2) is 36.4 Å². The largest absolute Gasteiger partial charge is 0.462 e. The molecule has 5 nitrogen and oxygen atoms in total. The van der Waals surface area contributed by atoms with Gasteiger partial charge in [0, 0.05) is 6.42 Å². The number of rotatable bonds is 45. The van der Waals surface area contributed by atoms with Gasteiger partial charge in [-0.2, -0.15) is 0 Å². The average molecular weight is 811 g/mol. The Hall–Kier alpha value is -2.40. The lowest BCUT2D eigenvalue weighted by Gasteiger charge is -2.15. The quantitative estimate of drug-likeness (QED) is 0.0377. The maximum atomic E-state index is 12.2. The molecule has 0 aliphatic rings.